The second kappa shape index (κ2) is 10.4. The van der Waals surface area contributed by atoms with Crippen LogP contribution < -0.4 is 20.1 Å². The lowest BCUT2D eigenvalue weighted by atomic mass is 10.0. The Labute approximate surface area is 209 Å². The van der Waals surface area contributed by atoms with Crippen LogP contribution in [0.4, 0.5) is 9.93 Å². The van der Waals surface area contributed by atoms with E-state index in [0.29, 0.717) is 17.1 Å². The Bertz CT molecular complexity index is 1310. The zero-order chi connectivity index (χ0) is 25.8. The summed E-state index contributed by atoms with van der Waals surface area (Å²) in [4.78, 5) is 55.6. The van der Waals surface area contributed by atoms with E-state index < -0.39 is 35.9 Å². The van der Waals surface area contributed by atoms with Crippen LogP contribution in [0.25, 0.3) is 0 Å². The number of carboxylic acid groups (broad SMARTS) is 1. The second-order valence-corrected chi connectivity index (χ2v) is 8.60. The van der Waals surface area contributed by atoms with Gasteiger partial charge in [-0.05, 0) is 23.3 Å². The van der Waals surface area contributed by atoms with Crippen LogP contribution in [0.3, 0.4) is 0 Å². The van der Waals surface area contributed by atoms with E-state index in [-0.39, 0.29) is 17.2 Å². The van der Waals surface area contributed by atoms with Crippen molar-refractivity contribution in [2.75, 3.05) is 19.5 Å². The van der Waals surface area contributed by atoms with E-state index in [1.807, 2.05) is 6.07 Å². The Morgan fingerprint density at radius 3 is 2.50 bits per heavy atom. The van der Waals surface area contributed by atoms with Gasteiger partial charge in [-0.15, -0.1) is 11.3 Å². The van der Waals surface area contributed by atoms with Crippen molar-refractivity contribution in [2.45, 2.75) is 18.5 Å². The highest BCUT2D eigenvalue weighted by atomic mass is 32.1. The summed E-state index contributed by atoms with van der Waals surface area (Å²) >= 11 is 0.925. The molecule has 1 fully saturated rings. The summed E-state index contributed by atoms with van der Waals surface area (Å²) < 4.78 is 10.5. The molecule has 0 aliphatic carbocycles. The summed E-state index contributed by atoms with van der Waals surface area (Å²) in [7, 11) is 2.94. The van der Waals surface area contributed by atoms with Crippen molar-refractivity contribution in [3.8, 4) is 11.5 Å². The number of carbonyl (C=O) groups excluding carboxylic acids is 3. The molecule has 36 heavy (non-hydrogen) atoms. The van der Waals surface area contributed by atoms with Gasteiger partial charge in [-0.1, -0.05) is 36.4 Å². The number of urea groups is 1. The molecule has 1 aliphatic rings. The first kappa shape index (κ1) is 24.7. The maximum Gasteiger partial charge on any atom is 0.355 e. The molecule has 4 amide bonds. The van der Waals surface area contributed by atoms with Gasteiger partial charge in [-0.3, -0.25) is 9.59 Å². The number of carboxylic acids is 1. The van der Waals surface area contributed by atoms with Gasteiger partial charge in [0.15, 0.2) is 22.3 Å². The van der Waals surface area contributed by atoms with Gasteiger partial charge in [0.1, 0.15) is 12.1 Å². The molecule has 11 nitrogen and oxygen atoms in total. The third kappa shape index (κ3) is 4.98. The van der Waals surface area contributed by atoms with Crippen LogP contribution in [0.5, 0.6) is 11.5 Å². The molecule has 186 valence electrons. The van der Waals surface area contributed by atoms with Crippen LogP contribution in [0, 0.1) is 0 Å². The van der Waals surface area contributed by atoms with E-state index in [0.717, 1.165) is 21.8 Å². The number of imide groups is 1. The summed E-state index contributed by atoms with van der Waals surface area (Å²) in [6.07, 6.45) is 0.0433. The lowest BCUT2D eigenvalue weighted by Gasteiger charge is -2.24. The average Bonchev–Trinajstić information content (AvgIpc) is 3.46. The molecule has 2 atom stereocenters. The number of thiazole rings is 1. The predicted octanol–water partition coefficient (Wildman–Crippen LogP) is 2.70. The summed E-state index contributed by atoms with van der Waals surface area (Å²) in [5.74, 6) is -1.69. The molecular formula is C24H22N4O7S. The molecule has 1 aliphatic heterocycles. The molecular weight excluding hydrogens is 488 g/mol. The monoisotopic (exact) mass is 510 g/mol. The molecule has 3 N–H and O–H groups in total. The molecule has 1 aromatic heterocycles. The Morgan fingerprint density at radius 2 is 1.86 bits per heavy atom. The Kier molecular flexibility index (Phi) is 7.15. The molecule has 0 saturated carbocycles. The highest BCUT2D eigenvalue weighted by Gasteiger charge is 2.45. The van der Waals surface area contributed by atoms with Gasteiger partial charge >= 0.3 is 12.0 Å². The van der Waals surface area contributed by atoms with Crippen LogP contribution in [0.15, 0.2) is 53.9 Å². The molecule has 2 heterocycles. The Hall–Kier alpha value is -4.45. The van der Waals surface area contributed by atoms with E-state index in [1.165, 1.54) is 19.6 Å². The number of methoxy groups -OCH3 is 2. The van der Waals surface area contributed by atoms with Gasteiger partial charge in [0.2, 0.25) is 5.91 Å². The number of amides is 4. The maximum atomic E-state index is 13.5. The van der Waals surface area contributed by atoms with Gasteiger partial charge in [-0.25, -0.2) is 19.5 Å². The van der Waals surface area contributed by atoms with E-state index in [2.05, 4.69) is 15.6 Å². The molecule has 1 saturated heterocycles. The standard InChI is InChI=1S/C24H22N4O7S/c1-34-17-9-8-14(11-18(17)35-2)19-21(30)28(24(33)26-19)16(10-13-6-4-3-5-7-13)20(29)27-23-25-15(12-36-23)22(31)32/h3-9,11-12,16,19H,10H2,1-2H3,(H,26,33)(H,31,32)(H,25,27,29)/t16-,19?/m0/s1. The number of aromatic carboxylic acids is 1. The number of nitrogens with one attached hydrogen (secondary N) is 2. The number of hydrogen-bond acceptors (Lipinski definition) is 8. The Morgan fingerprint density at radius 1 is 1.14 bits per heavy atom. The lowest BCUT2D eigenvalue weighted by Crippen LogP contribution is -2.49. The fraction of sp³-hybridized carbons (Fsp3) is 0.208. The topological polar surface area (TPSA) is 147 Å². The van der Waals surface area contributed by atoms with Crippen molar-refractivity contribution >= 4 is 40.3 Å². The quantitative estimate of drug-likeness (QED) is 0.372. The van der Waals surface area contributed by atoms with Crippen LogP contribution in [-0.2, 0) is 16.0 Å². The fourth-order valence-corrected chi connectivity index (χ4v) is 4.49. The summed E-state index contributed by atoms with van der Waals surface area (Å²) in [6, 6.07) is 10.8. The molecule has 12 heteroatoms. The molecule has 3 aromatic rings. The zero-order valence-corrected chi connectivity index (χ0v) is 20.1. The number of ether oxygens (including phenoxy) is 2. The fourth-order valence-electron chi connectivity index (χ4n) is 3.80. The van der Waals surface area contributed by atoms with E-state index >= 15 is 0 Å². The molecule has 0 bridgehead atoms. The van der Waals surface area contributed by atoms with E-state index in [4.69, 9.17) is 14.6 Å². The van der Waals surface area contributed by atoms with Crippen molar-refractivity contribution < 1.29 is 33.8 Å². The third-order valence-electron chi connectivity index (χ3n) is 5.55. The number of nitrogens with zero attached hydrogens (tertiary/aromatic N) is 2. The maximum absolute atomic E-state index is 13.5. The summed E-state index contributed by atoms with van der Waals surface area (Å²) in [5, 5.41) is 15.6. The highest BCUT2D eigenvalue weighted by Crippen LogP contribution is 2.33. The summed E-state index contributed by atoms with van der Waals surface area (Å²) in [5.41, 5.74) is 0.954. The number of benzene rings is 2. The number of aromatic nitrogens is 1. The minimum atomic E-state index is -1.24. The van der Waals surface area contributed by atoms with Crippen molar-refractivity contribution in [1.82, 2.24) is 15.2 Å². The van der Waals surface area contributed by atoms with Crippen LogP contribution in [0.1, 0.15) is 27.7 Å². The zero-order valence-electron chi connectivity index (χ0n) is 19.3. The minimum Gasteiger partial charge on any atom is -0.493 e. The Balaban J connectivity index is 1.64. The van der Waals surface area contributed by atoms with E-state index in [9.17, 15) is 19.2 Å². The van der Waals surface area contributed by atoms with Crippen LogP contribution >= 0.6 is 11.3 Å². The molecule has 0 spiro atoms. The van der Waals surface area contributed by atoms with Crippen molar-refractivity contribution in [3.05, 3.63) is 70.7 Å². The smallest absolute Gasteiger partial charge is 0.355 e. The van der Waals surface area contributed by atoms with Gasteiger partial charge in [0, 0.05) is 11.8 Å². The molecule has 1 unspecified atom stereocenters. The molecule has 2 aromatic carbocycles. The first-order valence-corrected chi connectivity index (χ1v) is 11.6. The number of hydrogen-bond donors (Lipinski definition) is 3. The highest BCUT2D eigenvalue weighted by molar-refractivity contribution is 7.14. The number of carbonyl (C=O) groups is 4. The first-order chi connectivity index (χ1) is 17.3. The second-order valence-electron chi connectivity index (χ2n) is 7.74. The third-order valence-corrected chi connectivity index (χ3v) is 6.31. The van der Waals surface area contributed by atoms with Gasteiger partial charge in [-0.2, -0.15) is 0 Å². The van der Waals surface area contributed by atoms with Crippen molar-refractivity contribution in [2.24, 2.45) is 0 Å². The van der Waals surface area contributed by atoms with Crippen LogP contribution in [0.2, 0.25) is 0 Å². The molecule has 4 rings (SSSR count). The van der Waals surface area contributed by atoms with Crippen LogP contribution in [-0.4, -0.2) is 59.1 Å². The van der Waals surface area contributed by atoms with Crippen molar-refractivity contribution in [1.29, 1.82) is 0 Å². The van der Waals surface area contributed by atoms with Gasteiger partial charge < -0.3 is 25.2 Å². The normalized spacial score (nSPS) is 15.8. The predicted molar refractivity (Wildman–Crippen MR) is 129 cm³/mol. The van der Waals surface area contributed by atoms with E-state index in [1.54, 1.807) is 42.5 Å². The van der Waals surface area contributed by atoms with Gasteiger partial charge in [0.05, 0.1) is 14.2 Å². The minimum absolute atomic E-state index is 0.0407. The number of rotatable bonds is 9. The summed E-state index contributed by atoms with van der Waals surface area (Å²) in [6.45, 7) is 0. The van der Waals surface area contributed by atoms with Crippen molar-refractivity contribution in [3.63, 3.8) is 0 Å². The van der Waals surface area contributed by atoms with Gasteiger partial charge in [0.25, 0.3) is 5.91 Å². The average molecular weight is 511 g/mol. The lowest BCUT2D eigenvalue weighted by molar-refractivity contribution is -0.134. The molecule has 0 radical (unpaired) electrons. The number of anilines is 1. The largest absolute Gasteiger partial charge is 0.493 e. The first-order valence-electron chi connectivity index (χ1n) is 10.7. The SMILES string of the molecule is COc1ccc(C2NC(=O)N([C@@H](Cc3ccccc3)C(=O)Nc3nc(C(=O)O)cs3)C2=O)cc1OC.